The van der Waals surface area contributed by atoms with Gasteiger partial charge in [-0.2, -0.15) is 4.98 Å². The Morgan fingerprint density at radius 3 is 2.66 bits per heavy atom. The van der Waals surface area contributed by atoms with E-state index in [-0.39, 0.29) is 11.6 Å². The lowest BCUT2D eigenvalue weighted by Gasteiger charge is -2.18. The summed E-state index contributed by atoms with van der Waals surface area (Å²) >= 11 is 13.0. The number of nitrogens with one attached hydrogen (secondary N) is 2. The molecule has 5 rings (SSSR count). The molecule has 4 aromatic rings. The zero-order chi connectivity index (χ0) is 22.4. The van der Waals surface area contributed by atoms with Crippen molar-refractivity contribution >= 4 is 45.9 Å². The zero-order valence-corrected chi connectivity index (χ0v) is 19.2. The lowest BCUT2D eigenvalue weighted by atomic mass is 10.0. The number of fused-ring (bicyclic) bond motifs is 2. The standard InChI is InChI=1S/C23H22Cl2N6O/c1-13(2)30-22(32)17-12-27-23(28-16-7-6-14-8-9-26-11-15(14)10-16)29-21(17)31(30)20-18(24)4-3-5-19(20)25/h3-7,10,12-13,26H,8-9,11H2,1-2H3,(H,27,28,29). The Morgan fingerprint density at radius 1 is 1.12 bits per heavy atom. The normalized spacial score (nSPS) is 13.5. The van der Waals surface area contributed by atoms with E-state index in [1.165, 1.54) is 11.1 Å². The molecule has 0 atom stereocenters. The number of nitrogens with zero attached hydrogens (tertiary/aromatic N) is 4. The summed E-state index contributed by atoms with van der Waals surface area (Å²) in [5, 5.41) is 7.92. The number of aromatic nitrogens is 4. The molecule has 9 heteroatoms. The molecule has 0 aliphatic carbocycles. The maximum atomic E-state index is 13.2. The molecule has 32 heavy (non-hydrogen) atoms. The highest BCUT2D eigenvalue weighted by atomic mass is 35.5. The van der Waals surface area contributed by atoms with Gasteiger partial charge in [0.05, 0.1) is 10.0 Å². The van der Waals surface area contributed by atoms with Crippen LogP contribution in [0.25, 0.3) is 16.7 Å². The van der Waals surface area contributed by atoms with Gasteiger partial charge in [-0.1, -0.05) is 35.3 Å². The summed E-state index contributed by atoms with van der Waals surface area (Å²) < 4.78 is 3.29. The highest BCUT2D eigenvalue weighted by molar-refractivity contribution is 6.37. The molecule has 0 saturated carbocycles. The molecule has 0 saturated heterocycles. The van der Waals surface area contributed by atoms with Crippen LogP contribution in [0.15, 0.2) is 47.4 Å². The molecule has 2 N–H and O–H groups in total. The summed E-state index contributed by atoms with van der Waals surface area (Å²) in [5.74, 6) is 0.388. The topological polar surface area (TPSA) is 76.8 Å². The second-order valence-electron chi connectivity index (χ2n) is 8.09. The Kier molecular flexibility index (Phi) is 5.41. The van der Waals surface area contributed by atoms with Crippen LogP contribution in [0.4, 0.5) is 11.6 Å². The molecule has 0 radical (unpaired) electrons. The first-order chi connectivity index (χ1) is 15.4. The van der Waals surface area contributed by atoms with Gasteiger partial charge >= 0.3 is 0 Å². The van der Waals surface area contributed by atoms with E-state index in [9.17, 15) is 4.79 Å². The first-order valence-electron chi connectivity index (χ1n) is 10.5. The van der Waals surface area contributed by atoms with Crippen molar-refractivity contribution in [3.8, 4) is 5.69 Å². The van der Waals surface area contributed by atoms with E-state index in [2.05, 4.69) is 27.8 Å². The van der Waals surface area contributed by atoms with Gasteiger partial charge in [0.15, 0.2) is 5.65 Å². The van der Waals surface area contributed by atoms with E-state index in [0.29, 0.717) is 32.7 Å². The van der Waals surface area contributed by atoms with Crippen molar-refractivity contribution in [3.63, 3.8) is 0 Å². The van der Waals surface area contributed by atoms with Gasteiger partial charge in [0.1, 0.15) is 11.1 Å². The molecule has 7 nitrogen and oxygen atoms in total. The van der Waals surface area contributed by atoms with Crippen molar-refractivity contribution in [2.24, 2.45) is 0 Å². The largest absolute Gasteiger partial charge is 0.324 e. The van der Waals surface area contributed by atoms with Crippen molar-refractivity contribution in [2.75, 3.05) is 11.9 Å². The number of hydrogen-bond donors (Lipinski definition) is 2. The third-order valence-corrected chi connectivity index (χ3v) is 6.22. The second-order valence-corrected chi connectivity index (χ2v) is 8.91. The van der Waals surface area contributed by atoms with Gasteiger partial charge in [0.25, 0.3) is 5.56 Å². The minimum absolute atomic E-state index is 0.145. The van der Waals surface area contributed by atoms with Crippen LogP contribution in [0, 0.1) is 0 Å². The molecular formula is C23H22Cl2N6O. The molecule has 2 aromatic carbocycles. The second kappa shape index (κ2) is 8.24. The molecule has 0 spiro atoms. The van der Waals surface area contributed by atoms with E-state index in [1.54, 1.807) is 33.8 Å². The lowest BCUT2D eigenvalue weighted by Crippen LogP contribution is -2.24. The van der Waals surface area contributed by atoms with Crippen molar-refractivity contribution in [3.05, 3.63) is 74.1 Å². The summed E-state index contributed by atoms with van der Waals surface area (Å²) in [7, 11) is 0. The predicted octanol–water partition coefficient (Wildman–Crippen LogP) is 4.86. The molecule has 0 bridgehead atoms. The van der Waals surface area contributed by atoms with Crippen LogP contribution in [-0.4, -0.2) is 25.9 Å². The molecule has 0 amide bonds. The van der Waals surface area contributed by atoms with E-state index in [4.69, 9.17) is 28.2 Å². The highest BCUT2D eigenvalue weighted by Gasteiger charge is 2.22. The van der Waals surface area contributed by atoms with Gasteiger partial charge in [-0.25, -0.2) is 14.3 Å². The fraction of sp³-hybridized carbons (Fsp3) is 0.261. The number of anilines is 2. The molecule has 3 heterocycles. The first-order valence-corrected chi connectivity index (χ1v) is 11.2. The van der Waals surface area contributed by atoms with Crippen LogP contribution < -0.4 is 16.2 Å². The number of para-hydroxylation sites is 1. The number of halogens is 2. The molecular weight excluding hydrogens is 447 g/mol. The van der Waals surface area contributed by atoms with Gasteiger partial charge in [0.2, 0.25) is 5.95 Å². The maximum absolute atomic E-state index is 13.2. The van der Waals surface area contributed by atoms with E-state index in [1.807, 2.05) is 19.9 Å². The quantitative estimate of drug-likeness (QED) is 0.447. The van der Waals surface area contributed by atoms with Crippen molar-refractivity contribution in [1.29, 1.82) is 0 Å². The maximum Gasteiger partial charge on any atom is 0.278 e. The lowest BCUT2D eigenvalue weighted by molar-refractivity contribution is 0.476. The highest BCUT2D eigenvalue weighted by Crippen LogP contribution is 2.31. The third kappa shape index (κ3) is 3.56. The van der Waals surface area contributed by atoms with E-state index in [0.717, 1.165) is 25.2 Å². The van der Waals surface area contributed by atoms with Crippen LogP contribution in [0.2, 0.25) is 10.0 Å². The number of rotatable bonds is 4. The Morgan fingerprint density at radius 2 is 1.91 bits per heavy atom. The Bertz CT molecular complexity index is 1370. The van der Waals surface area contributed by atoms with Gasteiger partial charge in [0, 0.05) is 24.5 Å². The third-order valence-electron chi connectivity index (χ3n) is 5.61. The van der Waals surface area contributed by atoms with E-state index < -0.39 is 0 Å². The van der Waals surface area contributed by atoms with Crippen LogP contribution in [0.1, 0.15) is 31.0 Å². The van der Waals surface area contributed by atoms with Crippen LogP contribution >= 0.6 is 23.2 Å². The molecule has 2 aromatic heterocycles. The smallest absolute Gasteiger partial charge is 0.278 e. The Hall–Kier alpha value is -2.87. The van der Waals surface area contributed by atoms with Crippen LogP contribution in [0.5, 0.6) is 0 Å². The fourth-order valence-electron chi connectivity index (χ4n) is 4.12. The van der Waals surface area contributed by atoms with Gasteiger partial charge in [-0.3, -0.25) is 4.79 Å². The Labute approximate surface area is 195 Å². The van der Waals surface area contributed by atoms with Gasteiger partial charge in [-0.05, 0) is 62.2 Å². The van der Waals surface area contributed by atoms with Crippen LogP contribution in [0.3, 0.4) is 0 Å². The Balaban J connectivity index is 1.66. The van der Waals surface area contributed by atoms with Gasteiger partial charge < -0.3 is 10.6 Å². The summed E-state index contributed by atoms with van der Waals surface area (Å²) in [6.07, 6.45) is 2.57. The fourth-order valence-corrected chi connectivity index (χ4v) is 4.68. The molecule has 0 unspecified atom stereocenters. The van der Waals surface area contributed by atoms with Crippen molar-refractivity contribution in [1.82, 2.24) is 24.6 Å². The average molecular weight is 469 g/mol. The van der Waals surface area contributed by atoms with Gasteiger partial charge in [-0.15, -0.1) is 0 Å². The SMILES string of the molecule is CC(C)n1c(=O)c2cnc(Nc3ccc4c(c3)CNCC4)nc2n1-c1c(Cl)cccc1Cl. The first kappa shape index (κ1) is 21.0. The summed E-state index contributed by atoms with van der Waals surface area (Å²) in [6.45, 7) is 5.69. The van der Waals surface area contributed by atoms with Crippen molar-refractivity contribution < 1.29 is 0 Å². The van der Waals surface area contributed by atoms with Crippen LogP contribution in [-0.2, 0) is 13.0 Å². The molecule has 164 valence electrons. The molecule has 1 aliphatic heterocycles. The molecule has 1 aliphatic rings. The summed E-state index contributed by atoms with van der Waals surface area (Å²) in [5.41, 5.74) is 4.25. The number of hydrogen-bond acceptors (Lipinski definition) is 5. The molecule has 0 fully saturated rings. The zero-order valence-electron chi connectivity index (χ0n) is 17.7. The minimum Gasteiger partial charge on any atom is -0.324 e. The van der Waals surface area contributed by atoms with Crippen molar-refractivity contribution in [2.45, 2.75) is 32.9 Å². The monoisotopic (exact) mass is 468 g/mol. The number of benzene rings is 2. The minimum atomic E-state index is -0.197. The average Bonchev–Trinajstić information content (AvgIpc) is 3.05. The summed E-state index contributed by atoms with van der Waals surface area (Å²) in [6, 6.07) is 11.4. The van der Waals surface area contributed by atoms with E-state index >= 15 is 0 Å². The predicted molar refractivity (Wildman–Crippen MR) is 129 cm³/mol. The summed E-state index contributed by atoms with van der Waals surface area (Å²) in [4.78, 5) is 22.3.